The molecule has 3 heterocycles. The van der Waals surface area contributed by atoms with Crippen molar-refractivity contribution in [2.45, 2.75) is 64.6 Å². The van der Waals surface area contributed by atoms with Crippen LogP contribution in [0.3, 0.4) is 0 Å². The largest absolute Gasteiger partial charge is 0.510 e. The predicted octanol–water partition coefficient (Wildman–Crippen LogP) is 3.32. The first-order valence-corrected chi connectivity index (χ1v) is 8.95. The fourth-order valence-corrected chi connectivity index (χ4v) is 4.96. The molecule has 0 unspecified atom stereocenters. The summed E-state index contributed by atoms with van der Waals surface area (Å²) in [6.07, 6.45) is 1.91. The van der Waals surface area contributed by atoms with Gasteiger partial charge in [0.1, 0.15) is 16.6 Å². The van der Waals surface area contributed by atoms with Crippen LogP contribution in [0.15, 0.2) is 11.1 Å². The number of aliphatic hydroxyl groups excluding tert-OH is 1. The van der Waals surface area contributed by atoms with E-state index in [4.69, 9.17) is 5.41 Å². The van der Waals surface area contributed by atoms with Crippen LogP contribution in [0.25, 0.3) is 5.57 Å². The Morgan fingerprint density at radius 3 is 2.43 bits per heavy atom. The minimum Gasteiger partial charge on any atom is -0.510 e. The number of hydrogen-bond donors (Lipinski definition) is 3. The molecule has 0 saturated carbocycles. The maximum absolute atomic E-state index is 10.4. The third-order valence-electron chi connectivity index (χ3n) is 4.58. The molecular weight excluding hydrogens is 308 g/mol. The van der Waals surface area contributed by atoms with E-state index in [2.05, 4.69) is 38.0 Å². The van der Waals surface area contributed by atoms with E-state index in [1.807, 2.05) is 17.2 Å². The van der Waals surface area contributed by atoms with Crippen molar-refractivity contribution in [3.8, 4) is 0 Å². The molecule has 6 heteroatoms. The van der Waals surface area contributed by atoms with Crippen LogP contribution in [0, 0.1) is 12.3 Å². The number of piperidine rings is 1. The lowest BCUT2D eigenvalue weighted by atomic mass is 9.79. The lowest BCUT2D eigenvalue weighted by Gasteiger charge is -2.49. The van der Waals surface area contributed by atoms with Crippen LogP contribution >= 0.6 is 11.3 Å². The zero-order valence-corrected chi connectivity index (χ0v) is 15.3. The van der Waals surface area contributed by atoms with Gasteiger partial charge >= 0.3 is 0 Å². The van der Waals surface area contributed by atoms with E-state index in [0.717, 1.165) is 23.5 Å². The SMILES string of the molecule is Cc1csc(C2=C(O)CN(C3CC(C)(C)NC(C)(C)C3)C2=N)n1. The number of thiazole rings is 1. The Labute approximate surface area is 141 Å². The van der Waals surface area contributed by atoms with Gasteiger partial charge in [0, 0.05) is 28.2 Å². The molecule has 0 bridgehead atoms. The lowest BCUT2D eigenvalue weighted by Crippen LogP contribution is -2.62. The fourth-order valence-electron chi connectivity index (χ4n) is 4.09. The van der Waals surface area contributed by atoms with Gasteiger partial charge in [0.05, 0.1) is 12.1 Å². The molecule has 1 saturated heterocycles. The number of aryl methyl sites for hydroxylation is 1. The quantitative estimate of drug-likeness (QED) is 0.776. The van der Waals surface area contributed by atoms with Crippen molar-refractivity contribution in [3.05, 3.63) is 21.8 Å². The molecule has 0 radical (unpaired) electrons. The van der Waals surface area contributed by atoms with E-state index in [1.54, 1.807) is 0 Å². The Bertz CT molecular complexity index is 658. The first-order valence-electron chi connectivity index (χ1n) is 8.07. The van der Waals surface area contributed by atoms with Crippen LogP contribution < -0.4 is 5.32 Å². The van der Waals surface area contributed by atoms with Crippen LogP contribution in [0.4, 0.5) is 0 Å². The summed E-state index contributed by atoms with van der Waals surface area (Å²) in [7, 11) is 0. The summed E-state index contributed by atoms with van der Waals surface area (Å²) in [4.78, 5) is 6.50. The van der Waals surface area contributed by atoms with Crippen molar-refractivity contribution in [1.82, 2.24) is 15.2 Å². The zero-order chi connectivity index (χ0) is 17.0. The molecule has 0 aromatic carbocycles. The predicted molar refractivity (Wildman–Crippen MR) is 95.1 cm³/mol. The van der Waals surface area contributed by atoms with E-state index >= 15 is 0 Å². The van der Waals surface area contributed by atoms with Gasteiger partial charge in [-0.25, -0.2) is 4.98 Å². The van der Waals surface area contributed by atoms with E-state index < -0.39 is 0 Å². The first-order chi connectivity index (χ1) is 10.6. The molecule has 23 heavy (non-hydrogen) atoms. The first kappa shape index (κ1) is 16.5. The Morgan fingerprint density at radius 2 is 1.91 bits per heavy atom. The highest BCUT2D eigenvalue weighted by Gasteiger charge is 2.43. The molecule has 0 aliphatic carbocycles. The van der Waals surface area contributed by atoms with Gasteiger partial charge in [-0.15, -0.1) is 11.3 Å². The van der Waals surface area contributed by atoms with E-state index in [1.165, 1.54) is 11.3 Å². The zero-order valence-electron chi connectivity index (χ0n) is 14.5. The molecule has 5 nitrogen and oxygen atoms in total. The number of nitrogens with one attached hydrogen (secondary N) is 2. The summed E-state index contributed by atoms with van der Waals surface area (Å²) in [6.45, 7) is 11.2. The number of aromatic nitrogens is 1. The van der Waals surface area contributed by atoms with Crippen LogP contribution in [-0.4, -0.2) is 44.5 Å². The Balaban J connectivity index is 1.85. The minimum absolute atomic E-state index is 0.0167. The highest BCUT2D eigenvalue weighted by molar-refractivity contribution is 7.11. The maximum atomic E-state index is 10.4. The Morgan fingerprint density at radius 1 is 1.30 bits per heavy atom. The van der Waals surface area contributed by atoms with Gasteiger partial charge in [-0.3, -0.25) is 5.41 Å². The van der Waals surface area contributed by atoms with Crippen LogP contribution in [0.1, 0.15) is 51.2 Å². The van der Waals surface area contributed by atoms with Gasteiger partial charge in [0.25, 0.3) is 0 Å². The van der Waals surface area contributed by atoms with E-state index in [9.17, 15) is 5.11 Å². The molecule has 1 aromatic rings. The minimum atomic E-state index is 0.0167. The molecular formula is C17H26N4OS. The molecule has 1 fully saturated rings. The third kappa shape index (κ3) is 3.15. The van der Waals surface area contributed by atoms with Gasteiger partial charge in [-0.05, 0) is 47.5 Å². The molecule has 1 aromatic heterocycles. The lowest BCUT2D eigenvalue weighted by molar-refractivity contribution is 0.105. The van der Waals surface area contributed by atoms with Crippen molar-refractivity contribution in [3.63, 3.8) is 0 Å². The van der Waals surface area contributed by atoms with Gasteiger partial charge in [-0.2, -0.15) is 0 Å². The summed E-state index contributed by atoms with van der Waals surface area (Å²) in [6, 6.07) is 0.245. The van der Waals surface area contributed by atoms with Gasteiger partial charge in [0.2, 0.25) is 0 Å². The van der Waals surface area contributed by atoms with Crippen LogP contribution in [-0.2, 0) is 0 Å². The highest BCUT2D eigenvalue weighted by atomic mass is 32.1. The summed E-state index contributed by atoms with van der Waals surface area (Å²) >= 11 is 1.49. The second-order valence-electron chi connectivity index (χ2n) is 8.05. The number of nitrogens with zero attached hydrogens (tertiary/aromatic N) is 2. The normalized spacial score (nSPS) is 24.6. The van der Waals surface area contributed by atoms with Gasteiger partial charge in [-0.1, -0.05) is 0 Å². The number of rotatable bonds is 2. The maximum Gasteiger partial charge on any atom is 0.135 e. The molecule has 3 rings (SSSR count). The monoisotopic (exact) mass is 334 g/mol. The molecule has 2 aliphatic heterocycles. The molecule has 3 N–H and O–H groups in total. The number of aliphatic hydroxyl groups is 1. The van der Waals surface area contributed by atoms with Crippen molar-refractivity contribution in [2.75, 3.05) is 6.54 Å². The molecule has 0 amide bonds. The highest BCUT2D eigenvalue weighted by Crippen LogP contribution is 2.37. The van der Waals surface area contributed by atoms with Crippen molar-refractivity contribution < 1.29 is 5.11 Å². The molecule has 2 aliphatic rings. The smallest absolute Gasteiger partial charge is 0.135 e. The van der Waals surface area contributed by atoms with E-state index in [-0.39, 0.29) is 22.9 Å². The average Bonchev–Trinajstić information content (AvgIpc) is 2.89. The Hall–Kier alpha value is -1.40. The van der Waals surface area contributed by atoms with Gasteiger partial charge < -0.3 is 15.3 Å². The second-order valence-corrected chi connectivity index (χ2v) is 8.91. The number of hydrogen-bond acceptors (Lipinski definition) is 5. The Kier molecular flexibility index (Phi) is 3.80. The third-order valence-corrected chi connectivity index (χ3v) is 5.55. The van der Waals surface area contributed by atoms with Crippen molar-refractivity contribution in [1.29, 1.82) is 5.41 Å². The summed E-state index contributed by atoms with van der Waals surface area (Å²) < 4.78 is 0. The van der Waals surface area contributed by atoms with E-state index in [0.29, 0.717) is 18.0 Å². The molecule has 126 valence electrons. The standard InChI is InChI=1S/C17H26N4OS/c1-10-9-23-15(19-10)13-12(22)8-21(14(13)18)11-6-16(2,3)20-17(4,5)7-11/h9,11,18,20,22H,6-8H2,1-5H3. The van der Waals surface area contributed by atoms with Gasteiger partial charge in [0.15, 0.2) is 0 Å². The molecule has 0 atom stereocenters. The topological polar surface area (TPSA) is 72.2 Å². The fraction of sp³-hybridized carbons (Fsp3) is 0.647. The summed E-state index contributed by atoms with van der Waals surface area (Å²) in [5.41, 5.74) is 1.57. The second kappa shape index (κ2) is 5.31. The summed E-state index contributed by atoms with van der Waals surface area (Å²) in [5, 5.41) is 25.4. The number of amidine groups is 1. The van der Waals surface area contributed by atoms with Crippen LogP contribution in [0.5, 0.6) is 0 Å². The van der Waals surface area contributed by atoms with Crippen LogP contribution in [0.2, 0.25) is 0 Å². The molecule has 0 spiro atoms. The van der Waals surface area contributed by atoms with Crippen molar-refractivity contribution in [2.24, 2.45) is 0 Å². The summed E-state index contributed by atoms with van der Waals surface area (Å²) in [5.74, 6) is 0.689. The average molecular weight is 334 g/mol. The van der Waals surface area contributed by atoms with Crippen molar-refractivity contribution >= 4 is 22.7 Å².